The Labute approximate surface area is 136 Å². The lowest BCUT2D eigenvalue weighted by atomic mass is 9.93. The Hall–Kier alpha value is -2.34. The van der Waals surface area contributed by atoms with Crippen LogP contribution in [-0.2, 0) is 5.41 Å². The summed E-state index contributed by atoms with van der Waals surface area (Å²) < 4.78 is 5.22. The van der Waals surface area contributed by atoms with Gasteiger partial charge in [0.1, 0.15) is 5.76 Å². The molecule has 124 valence electrons. The van der Waals surface area contributed by atoms with Crippen LogP contribution in [-0.4, -0.2) is 36.4 Å². The largest absolute Gasteiger partial charge is 0.395 e. The zero-order valence-corrected chi connectivity index (χ0v) is 14.0. The van der Waals surface area contributed by atoms with Crippen molar-refractivity contribution < 1.29 is 14.4 Å². The van der Waals surface area contributed by atoms with Crippen LogP contribution in [0.25, 0.3) is 0 Å². The highest BCUT2D eigenvalue weighted by atomic mass is 16.5. The van der Waals surface area contributed by atoms with Gasteiger partial charge in [-0.2, -0.15) is 0 Å². The van der Waals surface area contributed by atoms with Crippen LogP contribution in [0.3, 0.4) is 0 Å². The van der Waals surface area contributed by atoms with Gasteiger partial charge in [-0.1, -0.05) is 25.9 Å². The third-order valence-corrected chi connectivity index (χ3v) is 3.48. The smallest absolute Gasteiger partial charge is 0.277 e. The number of rotatable bonds is 5. The van der Waals surface area contributed by atoms with Gasteiger partial charge in [-0.3, -0.25) is 4.79 Å². The van der Waals surface area contributed by atoms with Gasteiger partial charge in [0.25, 0.3) is 5.91 Å². The maximum absolute atomic E-state index is 12.2. The molecule has 6 nitrogen and oxygen atoms in total. The molecule has 0 unspecified atom stereocenters. The van der Waals surface area contributed by atoms with Gasteiger partial charge in [-0.25, -0.2) is 0 Å². The van der Waals surface area contributed by atoms with Gasteiger partial charge in [-0.05, 0) is 24.3 Å². The Kier molecular flexibility index (Phi) is 5.05. The Bertz CT molecular complexity index is 656. The Morgan fingerprint density at radius 3 is 2.48 bits per heavy atom. The monoisotopic (exact) mass is 317 g/mol. The number of likely N-dealkylation sites (N-methyl/N-ethyl adjacent to an activating group) is 1. The van der Waals surface area contributed by atoms with E-state index >= 15 is 0 Å². The molecule has 0 atom stereocenters. The van der Waals surface area contributed by atoms with E-state index in [1.807, 2.05) is 57.0 Å². The lowest BCUT2D eigenvalue weighted by Gasteiger charge is -2.18. The van der Waals surface area contributed by atoms with E-state index in [1.54, 1.807) is 6.07 Å². The van der Waals surface area contributed by atoms with Crippen molar-refractivity contribution in [3.8, 4) is 0 Å². The minimum atomic E-state index is -0.305. The van der Waals surface area contributed by atoms with Gasteiger partial charge in [0.05, 0.1) is 6.61 Å². The molecule has 0 bridgehead atoms. The molecule has 2 N–H and O–H groups in total. The van der Waals surface area contributed by atoms with Gasteiger partial charge >= 0.3 is 0 Å². The van der Waals surface area contributed by atoms with E-state index in [4.69, 9.17) is 9.63 Å². The first kappa shape index (κ1) is 17.0. The number of aliphatic hydroxyl groups is 1. The summed E-state index contributed by atoms with van der Waals surface area (Å²) in [6, 6.07) is 9.06. The van der Waals surface area contributed by atoms with E-state index in [2.05, 4.69) is 10.5 Å². The SMILES string of the molecule is CN(CCO)c1ccc(NC(=O)c2cc(C(C)(C)C)on2)cc1. The van der Waals surface area contributed by atoms with Crippen molar-refractivity contribution in [1.29, 1.82) is 0 Å². The highest BCUT2D eigenvalue weighted by Gasteiger charge is 2.22. The zero-order chi connectivity index (χ0) is 17.0. The van der Waals surface area contributed by atoms with E-state index < -0.39 is 0 Å². The van der Waals surface area contributed by atoms with E-state index in [-0.39, 0.29) is 23.6 Å². The molecular formula is C17H23N3O3. The standard InChI is InChI=1S/C17H23N3O3/c1-17(2,3)15-11-14(19-23-15)16(22)18-12-5-7-13(8-6-12)20(4)9-10-21/h5-8,11,21H,9-10H2,1-4H3,(H,18,22). The number of hydrogen-bond donors (Lipinski definition) is 2. The maximum Gasteiger partial charge on any atom is 0.277 e. The van der Waals surface area contributed by atoms with Crippen LogP contribution in [0.4, 0.5) is 11.4 Å². The highest BCUT2D eigenvalue weighted by Crippen LogP contribution is 2.23. The second kappa shape index (κ2) is 6.83. The first-order valence-corrected chi connectivity index (χ1v) is 7.52. The molecule has 2 aromatic rings. The number of hydrogen-bond acceptors (Lipinski definition) is 5. The lowest BCUT2D eigenvalue weighted by molar-refractivity contribution is 0.101. The number of anilines is 2. The van der Waals surface area contributed by atoms with Crippen LogP contribution >= 0.6 is 0 Å². The molecule has 0 aliphatic carbocycles. The fraction of sp³-hybridized carbons (Fsp3) is 0.412. The molecule has 0 saturated heterocycles. The molecule has 1 aromatic heterocycles. The number of nitrogens with one attached hydrogen (secondary N) is 1. The number of amides is 1. The summed E-state index contributed by atoms with van der Waals surface area (Å²) in [5, 5.41) is 15.6. The fourth-order valence-electron chi connectivity index (χ4n) is 2.01. The molecule has 1 amide bonds. The maximum atomic E-state index is 12.2. The first-order chi connectivity index (χ1) is 10.8. The summed E-state index contributed by atoms with van der Waals surface area (Å²) in [4.78, 5) is 14.1. The molecule has 0 spiro atoms. The Balaban J connectivity index is 2.04. The summed E-state index contributed by atoms with van der Waals surface area (Å²) in [6.07, 6.45) is 0. The van der Waals surface area contributed by atoms with Crippen LogP contribution in [0.5, 0.6) is 0 Å². The lowest BCUT2D eigenvalue weighted by Crippen LogP contribution is -2.21. The van der Waals surface area contributed by atoms with Crippen LogP contribution in [0.15, 0.2) is 34.9 Å². The first-order valence-electron chi connectivity index (χ1n) is 7.52. The predicted molar refractivity (Wildman–Crippen MR) is 90.0 cm³/mol. The number of nitrogens with zero attached hydrogens (tertiary/aromatic N) is 2. The topological polar surface area (TPSA) is 78.6 Å². The molecule has 0 aliphatic rings. The van der Waals surface area contributed by atoms with E-state index in [1.165, 1.54) is 0 Å². The molecule has 0 radical (unpaired) electrons. The molecule has 2 rings (SSSR count). The molecule has 0 aliphatic heterocycles. The summed E-state index contributed by atoms with van der Waals surface area (Å²) in [5.74, 6) is 0.365. The molecular weight excluding hydrogens is 294 g/mol. The van der Waals surface area contributed by atoms with Crippen molar-refractivity contribution in [3.05, 3.63) is 41.8 Å². The van der Waals surface area contributed by atoms with Crippen molar-refractivity contribution in [2.45, 2.75) is 26.2 Å². The number of carbonyl (C=O) groups excluding carboxylic acids is 1. The van der Waals surface area contributed by atoms with Gasteiger partial charge < -0.3 is 19.8 Å². The Morgan fingerprint density at radius 1 is 1.30 bits per heavy atom. The highest BCUT2D eigenvalue weighted by molar-refractivity contribution is 6.02. The minimum absolute atomic E-state index is 0.0945. The third-order valence-electron chi connectivity index (χ3n) is 3.48. The normalized spacial score (nSPS) is 11.3. The van der Waals surface area contributed by atoms with Crippen molar-refractivity contribution >= 4 is 17.3 Å². The second-order valence-electron chi connectivity index (χ2n) is 6.47. The molecule has 0 fully saturated rings. The molecule has 0 saturated carbocycles. The number of aromatic nitrogens is 1. The van der Waals surface area contributed by atoms with Crippen molar-refractivity contribution in [1.82, 2.24) is 5.16 Å². The molecule has 6 heteroatoms. The van der Waals surface area contributed by atoms with E-state index in [0.717, 1.165) is 5.69 Å². The average Bonchev–Trinajstić information content (AvgIpc) is 2.98. The second-order valence-corrected chi connectivity index (χ2v) is 6.47. The van der Waals surface area contributed by atoms with Gasteiger partial charge in [0, 0.05) is 36.4 Å². The number of benzene rings is 1. The fourth-order valence-corrected chi connectivity index (χ4v) is 2.01. The number of aliphatic hydroxyl groups excluding tert-OH is 1. The van der Waals surface area contributed by atoms with Crippen LogP contribution in [0.1, 0.15) is 37.0 Å². The van der Waals surface area contributed by atoms with Crippen LogP contribution in [0.2, 0.25) is 0 Å². The van der Waals surface area contributed by atoms with E-state index in [9.17, 15) is 4.79 Å². The van der Waals surface area contributed by atoms with Gasteiger partial charge in [-0.15, -0.1) is 0 Å². The molecule has 1 aromatic carbocycles. The van der Waals surface area contributed by atoms with Gasteiger partial charge in [0.2, 0.25) is 0 Å². The van der Waals surface area contributed by atoms with Crippen molar-refractivity contribution in [3.63, 3.8) is 0 Å². The van der Waals surface area contributed by atoms with Crippen LogP contribution < -0.4 is 10.2 Å². The number of carbonyl (C=O) groups is 1. The van der Waals surface area contributed by atoms with Crippen LogP contribution in [0, 0.1) is 0 Å². The molecule has 1 heterocycles. The van der Waals surface area contributed by atoms with E-state index in [0.29, 0.717) is 18.0 Å². The summed E-state index contributed by atoms with van der Waals surface area (Å²) in [5.41, 5.74) is 1.71. The average molecular weight is 317 g/mol. The summed E-state index contributed by atoms with van der Waals surface area (Å²) in [6.45, 7) is 6.64. The predicted octanol–water partition coefficient (Wildman–Crippen LogP) is 2.65. The zero-order valence-electron chi connectivity index (χ0n) is 14.0. The van der Waals surface area contributed by atoms with Crippen molar-refractivity contribution in [2.24, 2.45) is 0 Å². The quantitative estimate of drug-likeness (QED) is 0.886. The Morgan fingerprint density at radius 2 is 1.96 bits per heavy atom. The summed E-state index contributed by atoms with van der Waals surface area (Å²) in [7, 11) is 1.90. The third kappa shape index (κ3) is 4.32. The summed E-state index contributed by atoms with van der Waals surface area (Å²) >= 11 is 0. The minimum Gasteiger partial charge on any atom is -0.395 e. The van der Waals surface area contributed by atoms with Crippen molar-refractivity contribution in [2.75, 3.05) is 30.4 Å². The van der Waals surface area contributed by atoms with Gasteiger partial charge in [0.15, 0.2) is 5.69 Å². The molecule has 23 heavy (non-hydrogen) atoms.